The lowest BCUT2D eigenvalue weighted by Crippen LogP contribution is -2.32. The van der Waals surface area contributed by atoms with E-state index >= 15 is 0 Å². The van der Waals surface area contributed by atoms with Gasteiger partial charge in [-0.25, -0.2) is 4.98 Å². The summed E-state index contributed by atoms with van der Waals surface area (Å²) >= 11 is 11.7. The van der Waals surface area contributed by atoms with Gasteiger partial charge in [0.15, 0.2) is 0 Å². The Labute approximate surface area is 126 Å². The average Bonchev–Trinajstić information content (AvgIpc) is 3.11. The fourth-order valence-corrected chi connectivity index (χ4v) is 2.54. The van der Waals surface area contributed by atoms with E-state index in [0.29, 0.717) is 12.1 Å². The highest BCUT2D eigenvalue weighted by Gasteiger charge is 2.33. The Hall–Kier alpha value is -1.52. The maximum atomic E-state index is 12.6. The summed E-state index contributed by atoms with van der Waals surface area (Å²) < 4.78 is 5.32. The van der Waals surface area contributed by atoms with Gasteiger partial charge in [0.1, 0.15) is 16.1 Å². The second-order valence-corrected chi connectivity index (χ2v) is 5.52. The van der Waals surface area contributed by atoms with E-state index in [2.05, 4.69) is 4.98 Å². The molecular formula is C14H12Cl2N2O2. The third kappa shape index (κ3) is 2.97. The molecule has 0 N–H and O–H groups in total. The monoisotopic (exact) mass is 310 g/mol. The molecule has 4 nitrogen and oxygen atoms in total. The molecule has 1 aliphatic rings. The zero-order valence-corrected chi connectivity index (χ0v) is 12.1. The molecule has 1 fully saturated rings. The molecule has 6 heteroatoms. The fourth-order valence-electron chi connectivity index (χ4n) is 2.08. The van der Waals surface area contributed by atoms with Crippen molar-refractivity contribution in [1.82, 2.24) is 9.88 Å². The minimum absolute atomic E-state index is 0.102. The Bertz CT molecular complexity index is 604. The van der Waals surface area contributed by atoms with Gasteiger partial charge in [-0.05, 0) is 37.1 Å². The summed E-state index contributed by atoms with van der Waals surface area (Å²) in [6.45, 7) is 0.452. The smallest absolute Gasteiger partial charge is 0.254 e. The van der Waals surface area contributed by atoms with Crippen molar-refractivity contribution in [2.45, 2.75) is 25.4 Å². The Morgan fingerprint density at radius 2 is 2.05 bits per heavy atom. The lowest BCUT2D eigenvalue weighted by Gasteiger charge is -2.21. The summed E-state index contributed by atoms with van der Waals surface area (Å²) in [4.78, 5) is 18.2. The molecule has 2 aromatic heterocycles. The van der Waals surface area contributed by atoms with Crippen molar-refractivity contribution >= 4 is 29.1 Å². The lowest BCUT2D eigenvalue weighted by molar-refractivity contribution is 0.0717. The standard InChI is InChI=1S/C14H12Cl2N2O2/c15-12-6-9(7-13(16)17-12)14(19)18(10-3-4-10)8-11-2-1-5-20-11/h1-2,5-7,10H,3-4,8H2. The Kier molecular flexibility index (Phi) is 3.68. The van der Waals surface area contributed by atoms with Gasteiger partial charge in [0, 0.05) is 11.6 Å². The first-order chi connectivity index (χ1) is 9.63. The number of nitrogens with zero attached hydrogens (tertiary/aromatic N) is 2. The molecule has 0 unspecified atom stereocenters. The predicted octanol–water partition coefficient (Wildman–Crippen LogP) is 3.79. The van der Waals surface area contributed by atoms with E-state index in [1.54, 1.807) is 11.2 Å². The van der Waals surface area contributed by atoms with Crippen LogP contribution >= 0.6 is 23.2 Å². The fraction of sp³-hybridized carbons (Fsp3) is 0.286. The number of amides is 1. The van der Waals surface area contributed by atoms with Gasteiger partial charge in [0.25, 0.3) is 5.91 Å². The average molecular weight is 311 g/mol. The number of halogens is 2. The summed E-state index contributed by atoms with van der Waals surface area (Å²) in [5.41, 5.74) is 0.452. The molecule has 0 radical (unpaired) electrons. The van der Waals surface area contributed by atoms with E-state index in [0.717, 1.165) is 18.6 Å². The largest absolute Gasteiger partial charge is 0.467 e. The molecule has 3 rings (SSSR count). The number of carbonyl (C=O) groups is 1. The highest BCUT2D eigenvalue weighted by Crippen LogP contribution is 2.30. The van der Waals surface area contributed by atoms with Crippen molar-refractivity contribution in [3.63, 3.8) is 0 Å². The topological polar surface area (TPSA) is 46.3 Å². The molecule has 0 bridgehead atoms. The summed E-state index contributed by atoms with van der Waals surface area (Å²) in [7, 11) is 0. The van der Waals surface area contributed by atoms with Gasteiger partial charge >= 0.3 is 0 Å². The lowest BCUT2D eigenvalue weighted by atomic mass is 10.2. The molecular weight excluding hydrogens is 299 g/mol. The van der Waals surface area contributed by atoms with Gasteiger partial charge < -0.3 is 9.32 Å². The molecule has 0 aliphatic heterocycles. The first-order valence-corrected chi connectivity index (χ1v) is 7.05. The van der Waals surface area contributed by atoms with Crippen LogP contribution in [-0.2, 0) is 6.54 Å². The Morgan fingerprint density at radius 3 is 2.60 bits per heavy atom. The molecule has 1 aliphatic carbocycles. The summed E-state index contributed by atoms with van der Waals surface area (Å²) in [6, 6.07) is 7.00. The normalized spacial score (nSPS) is 14.3. The van der Waals surface area contributed by atoms with Crippen LogP contribution in [0.3, 0.4) is 0 Å². The van der Waals surface area contributed by atoms with E-state index in [4.69, 9.17) is 27.6 Å². The number of hydrogen-bond donors (Lipinski definition) is 0. The molecule has 0 atom stereocenters. The molecule has 1 saturated carbocycles. The van der Waals surface area contributed by atoms with Crippen molar-refractivity contribution in [1.29, 1.82) is 0 Å². The maximum Gasteiger partial charge on any atom is 0.254 e. The first-order valence-electron chi connectivity index (χ1n) is 6.30. The van der Waals surface area contributed by atoms with Gasteiger partial charge in [-0.3, -0.25) is 4.79 Å². The molecule has 2 aromatic rings. The van der Waals surface area contributed by atoms with E-state index < -0.39 is 0 Å². The van der Waals surface area contributed by atoms with Gasteiger partial charge in [0.2, 0.25) is 0 Å². The number of rotatable bonds is 4. The molecule has 0 saturated heterocycles. The van der Waals surface area contributed by atoms with Gasteiger partial charge in [-0.1, -0.05) is 23.2 Å². The number of pyridine rings is 1. The SMILES string of the molecule is O=C(c1cc(Cl)nc(Cl)c1)N(Cc1ccco1)C1CC1. The molecule has 2 heterocycles. The second kappa shape index (κ2) is 5.46. The van der Waals surface area contributed by atoms with E-state index in [9.17, 15) is 4.79 Å². The van der Waals surface area contributed by atoms with Crippen LogP contribution in [0.1, 0.15) is 29.0 Å². The molecule has 20 heavy (non-hydrogen) atoms. The zero-order chi connectivity index (χ0) is 14.1. The van der Waals surface area contributed by atoms with E-state index in [-0.39, 0.29) is 22.3 Å². The first kappa shape index (κ1) is 13.5. The molecule has 104 valence electrons. The maximum absolute atomic E-state index is 12.6. The van der Waals surface area contributed by atoms with Crippen LogP contribution in [-0.4, -0.2) is 21.8 Å². The molecule has 1 amide bonds. The van der Waals surface area contributed by atoms with Crippen LogP contribution in [0, 0.1) is 0 Å². The highest BCUT2D eigenvalue weighted by atomic mass is 35.5. The van der Waals surface area contributed by atoms with E-state index in [1.165, 1.54) is 12.1 Å². The quantitative estimate of drug-likeness (QED) is 0.807. The van der Waals surface area contributed by atoms with Crippen molar-refractivity contribution in [2.24, 2.45) is 0 Å². The number of aromatic nitrogens is 1. The highest BCUT2D eigenvalue weighted by molar-refractivity contribution is 6.33. The summed E-state index contributed by atoms with van der Waals surface area (Å²) in [5, 5.41) is 0.434. The Balaban J connectivity index is 1.85. The third-order valence-electron chi connectivity index (χ3n) is 3.16. The summed E-state index contributed by atoms with van der Waals surface area (Å²) in [5.74, 6) is 0.659. The van der Waals surface area contributed by atoms with Crippen LogP contribution in [0.2, 0.25) is 10.3 Å². The number of furan rings is 1. The van der Waals surface area contributed by atoms with Crippen LogP contribution < -0.4 is 0 Å². The molecule has 0 aromatic carbocycles. The van der Waals surface area contributed by atoms with Crippen molar-refractivity contribution in [3.8, 4) is 0 Å². The van der Waals surface area contributed by atoms with Crippen LogP contribution in [0.4, 0.5) is 0 Å². The number of carbonyl (C=O) groups excluding carboxylic acids is 1. The van der Waals surface area contributed by atoms with E-state index in [1.807, 2.05) is 12.1 Å². The van der Waals surface area contributed by atoms with Crippen molar-refractivity contribution < 1.29 is 9.21 Å². The second-order valence-electron chi connectivity index (χ2n) is 4.74. The number of hydrogen-bond acceptors (Lipinski definition) is 3. The van der Waals surface area contributed by atoms with Gasteiger partial charge in [-0.15, -0.1) is 0 Å². The molecule has 0 spiro atoms. The van der Waals surface area contributed by atoms with Crippen LogP contribution in [0.25, 0.3) is 0 Å². The van der Waals surface area contributed by atoms with Crippen LogP contribution in [0.15, 0.2) is 34.9 Å². The van der Waals surface area contributed by atoms with Gasteiger partial charge in [0.05, 0.1) is 12.8 Å². The Morgan fingerprint density at radius 1 is 1.35 bits per heavy atom. The summed E-state index contributed by atoms with van der Waals surface area (Å²) in [6.07, 6.45) is 3.63. The van der Waals surface area contributed by atoms with Crippen LogP contribution in [0.5, 0.6) is 0 Å². The van der Waals surface area contributed by atoms with Crippen molar-refractivity contribution in [2.75, 3.05) is 0 Å². The minimum atomic E-state index is -0.102. The predicted molar refractivity (Wildman–Crippen MR) is 75.9 cm³/mol. The van der Waals surface area contributed by atoms with Gasteiger partial charge in [-0.2, -0.15) is 0 Å². The minimum Gasteiger partial charge on any atom is -0.467 e. The van der Waals surface area contributed by atoms with Crippen molar-refractivity contribution in [3.05, 3.63) is 52.2 Å². The third-order valence-corrected chi connectivity index (χ3v) is 3.55. The zero-order valence-electron chi connectivity index (χ0n) is 10.6.